The van der Waals surface area contributed by atoms with Crippen molar-refractivity contribution in [3.63, 3.8) is 0 Å². The van der Waals surface area contributed by atoms with Gasteiger partial charge >= 0.3 is 6.03 Å². The number of aromatic nitrogens is 2. The summed E-state index contributed by atoms with van der Waals surface area (Å²) in [6.07, 6.45) is 3.03. The molecular formula is C26H24Cl2N6O2. The molecule has 0 saturated heterocycles. The molecule has 8 nitrogen and oxygen atoms in total. The average Bonchev–Trinajstić information content (AvgIpc) is 2.87. The van der Waals surface area contributed by atoms with Crippen LogP contribution in [0.15, 0.2) is 67.0 Å². The Kier molecular flexibility index (Phi) is 7.57. The molecule has 0 aliphatic rings. The molecule has 2 heterocycles. The number of likely N-dealkylation sites (N-methyl/N-ethyl adjacent to an activating group) is 1. The molecule has 4 rings (SSSR count). The first-order chi connectivity index (χ1) is 17.3. The lowest BCUT2D eigenvalue weighted by Gasteiger charge is -2.25. The summed E-state index contributed by atoms with van der Waals surface area (Å²) in [5.74, 6) is -0.387. The summed E-state index contributed by atoms with van der Waals surface area (Å²) in [5, 5.41) is 5.16. The highest BCUT2D eigenvalue weighted by Gasteiger charge is 2.23. The Morgan fingerprint density at radius 3 is 2.50 bits per heavy atom. The monoisotopic (exact) mass is 522 g/mol. The van der Waals surface area contributed by atoms with Gasteiger partial charge < -0.3 is 16.0 Å². The summed E-state index contributed by atoms with van der Waals surface area (Å²) >= 11 is 13.2. The quantitative estimate of drug-likeness (QED) is 0.337. The standard InChI is InChI=1S/C26H24Cl2N6O2/c1-16-6-7-17-4-3-5-21(25(17)32-16)31-14-19-20(27)8-9-22(24(19)28)33(2)23(35)15-34(26(29)36)18-10-12-30-13-11-18/h3-13,31H,14-15H2,1-2H3,(H2,29,36). The van der Waals surface area contributed by atoms with Gasteiger partial charge in [-0.2, -0.15) is 0 Å². The topological polar surface area (TPSA) is 104 Å². The SMILES string of the molecule is Cc1ccc2cccc(NCc3c(Cl)ccc(N(C)C(=O)CN(C(N)=O)c4ccncc4)c3Cl)c2n1. The summed E-state index contributed by atoms with van der Waals surface area (Å²) in [6.45, 7) is 1.98. The highest BCUT2D eigenvalue weighted by Crippen LogP contribution is 2.35. The number of primary amides is 1. The number of aryl methyl sites for hydroxylation is 1. The molecule has 10 heteroatoms. The first-order valence-corrected chi connectivity index (χ1v) is 11.8. The van der Waals surface area contributed by atoms with Crippen molar-refractivity contribution in [2.24, 2.45) is 5.73 Å². The van der Waals surface area contributed by atoms with Crippen LogP contribution in [0.1, 0.15) is 11.3 Å². The van der Waals surface area contributed by atoms with E-state index in [1.165, 1.54) is 22.2 Å². The number of amides is 3. The van der Waals surface area contributed by atoms with Crippen molar-refractivity contribution in [1.29, 1.82) is 0 Å². The fourth-order valence-corrected chi connectivity index (χ4v) is 4.40. The number of hydrogen-bond acceptors (Lipinski definition) is 5. The van der Waals surface area contributed by atoms with Gasteiger partial charge in [0.25, 0.3) is 0 Å². The number of carbonyl (C=O) groups excluding carboxylic acids is 2. The van der Waals surface area contributed by atoms with Crippen molar-refractivity contribution < 1.29 is 9.59 Å². The lowest BCUT2D eigenvalue weighted by molar-refractivity contribution is -0.117. The normalized spacial score (nSPS) is 10.8. The Balaban J connectivity index is 1.56. The molecule has 4 aromatic rings. The molecule has 3 N–H and O–H groups in total. The molecule has 0 saturated carbocycles. The second-order valence-corrected chi connectivity index (χ2v) is 8.91. The van der Waals surface area contributed by atoms with Gasteiger partial charge in [0.15, 0.2) is 0 Å². The van der Waals surface area contributed by atoms with E-state index in [-0.39, 0.29) is 12.5 Å². The van der Waals surface area contributed by atoms with Crippen LogP contribution in [0.25, 0.3) is 10.9 Å². The first kappa shape index (κ1) is 25.2. The van der Waals surface area contributed by atoms with Crippen molar-refractivity contribution in [2.75, 3.05) is 28.7 Å². The van der Waals surface area contributed by atoms with E-state index in [1.54, 1.807) is 31.3 Å². The zero-order valence-corrected chi connectivity index (χ0v) is 21.2. The van der Waals surface area contributed by atoms with E-state index in [0.717, 1.165) is 22.3 Å². The van der Waals surface area contributed by atoms with Crippen molar-refractivity contribution in [3.05, 3.63) is 88.3 Å². The van der Waals surface area contributed by atoms with E-state index < -0.39 is 6.03 Å². The smallest absolute Gasteiger partial charge is 0.319 e. The van der Waals surface area contributed by atoms with Gasteiger partial charge in [-0.15, -0.1) is 0 Å². The number of nitrogens with one attached hydrogen (secondary N) is 1. The van der Waals surface area contributed by atoms with Crippen LogP contribution in [-0.2, 0) is 11.3 Å². The van der Waals surface area contributed by atoms with Crippen LogP contribution in [-0.4, -0.2) is 35.5 Å². The second-order valence-electron chi connectivity index (χ2n) is 8.13. The molecule has 2 aromatic heterocycles. The number of urea groups is 1. The van der Waals surface area contributed by atoms with Crippen LogP contribution in [0.4, 0.5) is 21.9 Å². The highest BCUT2D eigenvalue weighted by molar-refractivity contribution is 6.38. The molecule has 0 spiro atoms. The summed E-state index contributed by atoms with van der Waals surface area (Å²) in [6, 6.07) is 15.6. The van der Waals surface area contributed by atoms with E-state index in [0.29, 0.717) is 33.5 Å². The highest BCUT2D eigenvalue weighted by atomic mass is 35.5. The van der Waals surface area contributed by atoms with E-state index in [2.05, 4.69) is 15.3 Å². The van der Waals surface area contributed by atoms with Crippen LogP contribution in [0.2, 0.25) is 10.0 Å². The van der Waals surface area contributed by atoms with E-state index in [1.807, 2.05) is 37.3 Å². The largest absolute Gasteiger partial charge is 0.379 e. The second kappa shape index (κ2) is 10.8. The van der Waals surface area contributed by atoms with Gasteiger partial charge in [-0.05, 0) is 43.3 Å². The molecule has 0 bridgehead atoms. The third kappa shape index (κ3) is 5.35. The molecule has 36 heavy (non-hydrogen) atoms. The minimum atomic E-state index is -0.756. The van der Waals surface area contributed by atoms with Crippen LogP contribution < -0.4 is 20.9 Å². The van der Waals surface area contributed by atoms with Crippen molar-refractivity contribution in [1.82, 2.24) is 9.97 Å². The number of anilines is 3. The third-order valence-corrected chi connectivity index (χ3v) is 6.53. The summed E-state index contributed by atoms with van der Waals surface area (Å²) in [7, 11) is 1.58. The maximum Gasteiger partial charge on any atom is 0.319 e. The van der Waals surface area contributed by atoms with Gasteiger partial charge in [0, 0.05) is 53.3 Å². The maximum absolute atomic E-state index is 13.1. The predicted octanol–water partition coefficient (Wildman–Crippen LogP) is 5.41. The van der Waals surface area contributed by atoms with Gasteiger partial charge in [-0.1, -0.05) is 41.4 Å². The molecule has 3 amide bonds. The van der Waals surface area contributed by atoms with Crippen molar-refractivity contribution >= 4 is 63.1 Å². The summed E-state index contributed by atoms with van der Waals surface area (Å²) in [4.78, 5) is 36.2. The van der Waals surface area contributed by atoms with Crippen LogP contribution >= 0.6 is 23.2 Å². The Hall–Kier alpha value is -3.88. The fourth-order valence-electron chi connectivity index (χ4n) is 3.77. The Labute approximate surface area is 218 Å². The third-order valence-electron chi connectivity index (χ3n) is 5.75. The predicted molar refractivity (Wildman–Crippen MR) is 145 cm³/mol. The Morgan fingerprint density at radius 2 is 1.78 bits per heavy atom. The molecule has 0 atom stereocenters. The molecule has 2 aromatic carbocycles. The Morgan fingerprint density at radius 1 is 1.03 bits per heavy atom. The minimum absolute atomic E-state index is 0.274. The lowest BCUT2D eigenvalue weighted by atomic mass is 10.1. The van der Waals surface area contributed by atoms with Crippen LogP contribution in [0.3, 0.4) is 0 Å². The minimum Gasteiger partial charge on any atom is -0.379 e. The number of fused-ring (bicyclic) bond motifs is 1. The van der Waals surface area contributed by atoms with Crippen LogP contribution in [0.5, 0.6) is 0 Å². The zero-order chi connectivity index (χ0) is 25.8. The molecule has 0 aliphatic carbocycles. The number of nitrogens with zero attached hydrogens (tertiary/aromatic N) is 4. The van der Waals surface area contributed by atoms with E-state index in [4.69, 9.17) is 28.9 Å². The van der Waals surface area contributed by atoms with E-state index in [9.17, 15) is 9.59 Å². The number of hydrogen-bond donors (Lipinski definition) is 2. The summed E-state index contributed by atoms with van der Waals surface area (Å²) < 4.78 is 0. The molecule has 0 fully saturated rings. The molecule has 0 radical (unpaired) electrons. The first-order valence-electron chi connectivity index (χ1n) is 11.1. The molecular weight excluding hydrogens is 499 g/mol. The lowest BCUT2D eigenvalue weighted by Crippen LogP contribution is -2.44. The molecule has 0 aliphatic heterocycles. The van der Waals surface area contributed by atoms with Crippen LogP contribution in [0, 0.1) is 6.92 Å². The number of rotatable bonds is 7. The number of halogens is 2. The van der Waals surface area contributed by atoms with Crippen molar-refractivity contribution in [3.8, 4) is 0 Å². The number of benzene rings is 2. The number of para-hydroxylation sites is 1. The van der Waals surface area contributed by atoms with Gasteiger partial charge in [0.2, 0.25) is 5.91 Å². The van der Waals surface area contributed by atoms with Gasteiger partial charge in [0.05, 0.1) is 21.9 Å². The summed E-state index contributed by atoms with van der Waals surface area (Å²) in [5.41, 5.74) is 9.65. The average molecular weight is 523 g/mol. The molecule has 184 valence electrons. The molecule has 0 unspecified atom stereocenters. The van der Waals surface area contributed by atoms with Gasteiger partial charge in [-0.3, -0.25) is 19.7 Å². The number of carbonyl (C=O) groups is 2. The maximum atomic E-state index is 13.1. The van der Waals surface area contributed by atoms with E-state index >= 15 is 0 Å². The van der Waals surface area contributed by atoms with Crippen molar-refractivity contribution in [2.45, 2.75) is 13.5 Å². The zero-order valence-electron chi connectivity index (χ0n) is 19.7. The Bertz CT molecular complexity index is 1430. The fraction of sp³-hybridized carbons (Fsp3) is 0.154. The number of nitrogens with two attached hydrogens (primary N) is 1. The van der Waals surface area contributed by atoms with Gasteiger partial charge in [0.1, 0.15) is 6.54 Å². The van der Waals surface area contributed by atoms with Gasteiger partial charge in [-0.25, -0.2) is 4.79 Å². The number of pyridine rings is 2.